The van der Waals surface area contributed by atoms with Gasteiger partial charge >= 0.3 is 0 Å². The number of aliphatic hydroxyl groups excluding tert-OH is 1. The molecule has 0 aromatic heterocycles. The zero-order valence-corrected chi connectivity index (χ0v) is 6.38. The van der Waals surface area contributed by atoms with E-state index in [1.165, 1.54) is 19.3 Å². The zero-order chi connectivity index (χ0) is 6.93. The van der Waals surface area contributed by atoms with Crippen LogP contribution in [-0.4, -0.2) is 11.2 Å². The van der Waals surface area contributed by atoms with Crippen molar-refractivity contribution < 1.29 is 5.11 Å². The van der Waals surface area contributed by atoms with Gasteiger partial charge in [-0.3, -0.25) is 0 Å². The summed E-state index contributed by atoms with van der Waals surface area (Å²) in [6, 6.07) is 0. The molecule has 0 saturated heterocycles. The zero-order valence-electron chi connectivity index (χ0n) is 6.38. The number of rotatable bonds is 0. The van der Waals surface area contributed by atoms with E-state index in [1.54, 1.807) is 0 Å². The second-order valence-electron chi connectivity index (χ2n) is 4.83. The van der Waals surface area contributed by atoms with Crippen molar-refractivity contribution in [2.75, 3.05) is 0 Å². The van der Waals surface area contributed by atoms with E-state index >= 15 is 0 Å². The van der Waals surface area contributed by atoms with Gasteiger partial charge in [-0.05, 0) is 42.4 Å². The maximum Gasteiger partial charge on any atom is 0.0604 e. The van der Waals surface area contributed by atoms with Gasteiger partial charge < -0.3 is 5.11 Å². The van der Waals surface area contributed by atoms with Crippen LogP contribution in [-0.2, 0) is 0 Å². The van der Waals surface area contributed by atoms with Gasteiger partial charge in [0.15, 0.2) is 0 Å². The summed E-state index contributed by atoms with van der Waals surface area (Å²) < 4.78 is 0. The van der Waals surface area contributed by atoms with Gasteiger partial charge in [0, 0.05) is 0 Å². The Labute approximate surface area is 61.4 Å². The van der Waals surface area contributed by atoms with E-state index in [0.717, 1.165) is 5.92 Å². The molecule has 0 aromatic carbocycles. The molecule has 0 amide bonds. The van der Waals surface area contributed by atoms with Gasteiger partial charge in [-0.1, -0.05) is 6.92 Å². The monoisotopic (exact) mass is 138 g/mol. The summed E-state index contributed by atoms with van der Waals surface area (Å²) >= 11 is 0. The van der Waals surface area contributed by atoms with Gasteiger partial charge in [0.2, 0.25) is 0 Å². The molecule has 3 rings (SSSR count). The van der Waals surface area contributed by atoms with Crippen LogP contribution in [0.25, 0.3) is 0 Å². The molecular formula is C9H14O. The Kier molecular flexibility index (Phi) is 0.722. The maximum absolute atomic E-state index is 9.69. The molecule has 2 bridgehead atoms. The molecule has 0 spiro atoms. The van der Waals surface area contributed by atoms with E-state index in [9.17, 15) is 5.11 Å². The first kappa shape index (κ1) is 5.59. The average Bonchev–Trinajstić information content (AvgIpc) is 2.15. The first-order chi connectivity index (χ1) is 4.71. The third-order valence-electron chi connectivity index (χ3n) is 4.23. The topological polar surface area (TPSA) is 20.2 Å². The fourth-order valence-corrected chi connectivity index (χ4v) is 4.04. The highest BCUT2D eigenvalue weighted by Crippen LogP contribution is 2.70. The fraction of sp³-hybridized carbons (Fsp3) is 1.00. The quantitative estimate of drug-likeness (QED) is 0.536. The molecular weight excluding hydrogens is 124 g/mol. The Hall–Kier alpha value is -0.0400. The van der Waals surface area contributed by atoms with E-state index in [-0.39, 0.29) is 6.10 Å². The Morgan fingerprint density at radius 3 is 2.30 bits per heavy atom. The molecule has 56 valence electrons. The van der Waals surface area contributed by atoms with Gasteiger partial charge in [-0.25, -0.2) is 0 Å². The molecule has 0 radical (unpaired) electrons. The second kappa shape index (κ2) is 1.29. The minimum atomic E-state index is 0.0868. The maximum atomic E-state index is 9.69. The molecule has 3 aliphatic rings. The molecule has 1 nitrogen and oxygen atoms in total. The predicted molar refractivity (Wildman–Crippen MR) is 38.4 cm³/mol. The molecule has 3 saturated carbocycles. The van der Waals surface area contributed by atoms with Crippen molar-refractivity contribution in [3.63, 3.8) is 0 Å². The molecule has 0 aromatic rings. The molecule has 3 aliphatic carbocycles. The van der Waals surface area contributed by atoms with Gasteiger partial charge in [0.05, 0.1) is 6.10 Å². The first-order valence-corrected chi connectivity index (χ1v) is 4.39. The van der Waals surface area contributed by atoms with Crippen LogP contribution in [0.15, 0.2) is 0 Å². The molecule has 0 heterocycles. The highest BCUT2D eigenvalue weighted by atomic mass is 16.3. The number of hydrogen-bond acceptors (Lipinski definition) is 1. The minimum absolute atomic E-state index is 0.0868. The standard InChI is InChI=1S/C9H14O/c1-9-3-5-2-6(4-9)8(10)7(5)9/h5-8,10H,2-4H2,1H3/t5?,6-,7-,8+,9+/m0/s1. The Morgan fingerprint density at radius 2 is 2.00 bits per heavy atom. The van der Waals surface area contributed by atoms with E-state index in [4.69, 9.17) is 0 Å². The van der Waals surface area contributed by atoms with Crippen LogP contribution in [0.5, 0.6) is 0 Å². The first-order valence-electron chi connectivity index (χ1n) is 4.39. The largest absolute Gasteiger partial charge is 0.393 e. The summed E-state index contributed by atoms with van der Waals surface area (Å²) in [5.74, 6) is 2.31. The molecule has 1 unspecified atom stereocenters. The Balaban J connectivity index is 2.03. The van der Waals surface area contributed by atoms with Crippen molar-refractivity contribution in [3.8, 4) is 0 Å². The van der Waals surface area contributed by atoms with E-state index in [1.807, 2.05) is 0 Å². The third-order valence-corrected chi connectivity index (χ3v) is 4.23. The Morgan fingerprint density at radius 1 is 1.30 bits per heavy atom. The van der Waals surface area contributed by atoms with Crippen molar-refractivity contribution in [1.82, 2.24) is 0 Å². The highest BCUT2D eigenvalue weighted by Gasteiger charge is 2.66. The molecule has 3 fully saturated rings. The lowest BCUT2D eigenvalue weighted by Gasteiger charge is -2.51. The third kappa shape index (κ3) is 0.378. The van der Waals surface area contributed by atoms with Crippen LogP contribution >= 0.6 is 0 Å². The summed E-state index contributed by atoms with van der Waals surface area (Å²) in [6.45, 7) is 2.36. The average molecular weight is 138 g/mol. The highest BCUT2D eigenvalue weighted by molar-refractivity contribution is 5.15. The second-order valence-corrected chi connectivity index (χ2v) is 4.83. The normalized spacial score (nSPS) is 70.2. The summed E-state index contributed by atoms with van der Waals surface area (Å²) in [5, 5.41) is 9.69. The number of aliphatic hydroxyl groups is 1. The van der Waals surface area contributed by atoms with Crippen LogP contribution < -0.4 is 0 Å². The van der Waals surface area contributed by atoms with Crippen LogP contribution in [0.1, 0.15) is 26.2 Å². The summed E-state index contributed by atoms with van der Waals surface area (Å²) in [4.78, 5) is 0. The van der Waals surface area contributed by atoms with Gasteiger partial charge in [-0.15, -0.1) is 0 Å². The lowest BCUT2D eigenvalue weighted by molar-refractivity contribution is -0.0428. The van der Waals surface area contributed by atoms with Gasteiger partial charge in [0.1, 0.15) is 0 Å². The molecule has 5 atom stereocenters. The molecule has 0 aliphatic heterocycles. The van der Waals surface area contributed by atoms with Crippen molar-refractivity contribution >= 4 is 0 Å². The van der Waals surface area contributed by atoms with E-state index in [2.05, 4.69) is 6.92 Å². The summed E-state index contributed by atoms with van der Waals surface area (Å²) in [7, 11) is 0. The van der Waals surface area contributed by atoms with Crippen LogP contribution in [0, 0.1) is 23.2 Å². The molecule has 1 heteroatoms. The van der Waals surface area contributed by atoms with Crippen LogP contribution in [0.2, 0.25) is 0 Å². The summed E-state index contributed by atoms with van der Waals surface area (Å²) in [5.41, 5.74) is 0.576. The summed E-state index contributed by atoms with van der Waals surface area (Å²) in [6.07, 6.45) is 4.14. The minimum Gasteiger partial charge on any atom is -0.393 e. The molecule has 10 heavy (non-hydrogen) atoms. The van der Waals surface area contributed by atoms with Crippen LogP contribution in [0.3, 0.4) is 0 Å². The SMILES string of the molecule is C[C@@]12CC3C[C@@H](C1)[C@@H](O)[C@H]32. The number of fused-ring (bicyclic) bond motifs is 1. The van der Waals surface area contributed by atoms with Crippen molar-refractivity contribution in [3.05, 3.63) is 0 Å². The lowest BCUT2D eigenvalue weighted by Crippen LogP contribution is -2.45. The van der Waals surface area contributed by atoms with Crippen molar-refractivity contribution in [2.45, 2.75) is 32.3 Å². The van der Waals surface area contributed by atoms with Crippen molar-refractivity contribution in [1.29, 1.82) is 0 Å². The number of hydrogen-bond donors (Lipinski definition) is 1. The van der Waals surface area contributed by atoms with Crippen molar-refractivity contribution in [2.24, 2.45) is 23.2 Å². The fourth-order valence-electron chi connectivity index (χ4n) is 4.04. The van der Waals surface area contributed by atoms with E-state index < -0.39 is 0 Å². The van der Waals surface area contributed by atoms with E-state index in [0.29, 0.717) is 17.3 Å². The smallest absolute Gasteiger partial charge is 0.0604 e. The van der Waals surface area contributed by atoms with Gasteiger partial charge in [0.25, 0.3) is 0 Å². The Bertz CT molecular complexity index is 187. The predicted octanol–water partition coefficient (Wildman–Crippen LogP) is 1.41. The van der Waals surface area contributed by atoms with Gasteiger partial charge in [-0.2, -0.15) is 0 Å². The lowest BCUT2D eigenvalue weighted by atomic mass is 9.54. The van der Waals surface area contributed by atoms with Crippen LogP contribution in [0.4, 0.5) is 0 Å². The molecule has 1 N–H and O–H groups in total.